The van der Waals surface area contributed by atoms with Crippen molar-refractivity contribution in [1.82, 2.24) is 0 Å². The minimum Gasteiger partial charge on any atom is -0.432 e. The highest BCUT2D eigenvalue weighted by molar-refractivity contribution is 5.77. The first-order chi connectivity index (χ1) is 31.1. The van der Waals surface area contributed by atoms with Gasteiger partial charge in [-0.25, -0.2) is 0 Å². The van der Waals surface area contributed by atoms with Crippen molar-refractivity contribution >= 4 is 5.97 Å². The van der Waals surface area contributed by atoms with Crippen LogP contribution in [0.15, 0.2) is 12.2 Å². The Kier molecular flexibility index (Phi) is 14.5. The summed E-state index contributed by atoms with van der Waals surface area (Å²) in [4.78, 5) is 14.3. The van der Waals surface area contributed by atoms with Gasteiger partial charge in [-0.15, -0.1) is 0 Å². The third-order valence-corrected chi connectivity index (χ3v) is 17.0. The number of carbonyl (C=O) groups excluding carboxylic acids is 1. The molecule has 13 N–H and O–H groups in total. The Morgan fingerprint density at radius 1 is 0.606 bits per heavy atom. The van der Waals surface area contributed by atoms with Gasteiger partial charge in [0, 0.05) is 0 Å². The van der Waals surface area contributed by atoms with E-state index in [0.29, 0.717) is 51.4 Å². The van der Waals surface area contributed by atoms with Gasteiger partial charge < -0.3 is 104 Å². The summed E-state index contributed by atoms with van der Waals surface area (Å²) in [6.45, 7) is 7.77. The molecule has 66 heavy (non-hydrogen) atoms. The van der Waals surface area contributed by atoms with Crippen molar-refractivity contribution in [1.29, 1.82) is 0 Å². The largest absolute Gasteiger partial charge is 0.432 e. The van der Waals surface area contributed by atoms with Crippen LogP contribution in [0.3, 0.4) is 0 Å². The molecule has 0 aromatic rings. The van der Waals surface area contributed by atoms with Crippen LogP contribution in [0.2, 0.25) is 0 Å². The molecule has 0 unspecified atom stereocenters. The zero-order valence-corrected chi connectivity index (χ0v) is 37.4. The Balaban J connectivity index is 1.06. The van der Waals surface area contributed by atoms with Crippen LogP contribution in [0.1, 0.15) is 78.6 Å². The Hall–Kier alpha value is -1.59. The second-order valence-electron chi connectivity index (χ2n) is 20.8. The highest BCUT2D eigenvalue weighted by Gasteiger charge is 2.70. The maximum atomic E-state index is 14.3. The second kappa shape index (κ2) is 18.9. The Bertz CT molecular complexity index is 1740. The first-order valence-electron chi connectivity index (χ1n) is 23.2. The van der Waals surface area contributed by atoms with Gasteiger partial charge in [-0.1, -0.05) is 19.9 Å². The molecule has 26 atom stereocenters. The van der Waals surface area contributed by atoms with Crippen LogP contribution in [-0.4, -0.2) is 221 Å². The standard InChI is InChI=1S/C44H70O22/c1-17-12-43-10-6-22-41(3,8-5-9-42(22,4)40(58)65-38-33(57)30(54)26(50)20(14-46)61-38)23(43)7-11-44(17,16-43)66-39-35(64-36-31(55)28(52)24(48)18(2)59-36)34(27(51)21(15-47)62-39)63-37-32(56)29(53)25(49)19(13-45)60-37/h18-39,45-57H,1,5-16H2,2-4H3/t18-,19+,20+,21+,22-,23-,24-,25+,26+,27+,28+,29-,30-,31+,32+,33+,34-,35+,36+,37-,38-,39-,41+,42+,43+,44-/m0/s1. The molecule has 0 aromatic heterocycles. The highest BCUT2D eigenvalue weighted by atomic mass is 16.8. The zero-order chi connectivity index (χ0) is 48.0. The van der Waals surface area contributed by atoms with E-state index in [-0.39, 0.29) is 17.3 Å². The molecule has 8 aliphatic rings. The lowest BCUT2D eigenvalue weighted by Gasteiger charge is -2.64. The number of aliphatic hydroxyl groups is 13. The Labute approximate surface area is 381 Å². The van der Waals surface area contributed by atoms with Gasteiger partial charge in [0.25, 0.3) is 0 Å². The second-order valence-corrected chi connectivity index (χ2v) is 20.8. The summed E-state index contributed by atoms with van der Waals surface area (Å²) >= 11 is 0. The summed E-state index contributed by atoms with van der Waals surface area (Å²) in [6.07, 6.45) is -27.4. The fourth-order valence-corrected chi connectivity index (χ4v) is 13.4. The highest BCUT2D eigenvalue weighted by Crippen LogP contribution is 2.73. The number of esters is 1. The number of ether oxygens (including phenoxy) is 8. The van der Waals surface area contributed by atoms with E-state index >= 15 is 0 Å². The third-order valence-electron chi connectivity index (χ3n) is 17.0. The van der Waals surface area contributed by atoms with Crippen molar-refractivity contribution in [2.75, 3.05) is 19.8 Å². The summed E-state index contributed by atoms with van der Waals surface area (Å²) in [5, 5.41) is 137. The molecule has 22 heteroatoms. The van der Waals surface area contributed by atoms with Gasteiger partial charge in [-0.05, 0) is 93.5 Å². The van der Waals surface area contributed by atoms with Crippen molar-refractivity contribution in [2.45, 2.75) is 207 Å². The summed E-state index contributed by atoms with van der Waals surface area (Å²) in [5.74, 6) is -0.750. The number of rotatable bonds is 11. The van der Waals surface area contributed by atoms with Gasteiger partial charge in [0.2, 0.25) is 6.29 Å². The molecule has 0 aromatic carbocycles. The lowest BCUT2D eigenvalue weighted by atomic mass is 9.41. The molecule has 4 heterocycles. The molecular weight excluding hydrogens is 880 g/mol. The average molecular weight is 951 g/mol. The summed E-state index contributed by atoms with van der Waals surface area (Å²) in [5.41, 5.74) is -2.19. The van der Waals surface area contributed by atoms with Crippen molar-refractivity contribution in [3.05, 3.63) is 12.2 Å². The smallest absolute Gasteiger partial charge is 0.314 e. The van der Waals surface area contributed by atoms with Gasteiger partial charge in [0.1, 0.15) is 91.6 Å². The topological polar surface area (TPSA) is 354 Å². The minimum absolute atomic E-state index is 0.0493. The zero-order valence-electron chi connectivity index (χ0n) is 37.4. The molecule has 4 aliphatic heterocycles. The molecule has 22 nitrogen and oxygen atoms in total. The van der Waals surface area contributed by atoms with E-state index in [0.717, 1.165) is 12.0 Å². The number of carbonyl (C=O) groups is 1. The van der Waals surface area contributed by atoms with Gasteiger partial charge in [-0.3, -0.25) is 4.79 Å². The van der Waals surface area contributed by atoms with Crippen molar-refractivity contribution in [2.24, 2.45) is 28.1 Å². The van der Waals surface area contributed by atoms with Gasteiger partial charge in [0.05, 0.1) is 36.9 Å². The molecule has 8 fully saturated rings. The fraction of sp³-hybridized carbons (Fsp3) is 0.932. The van der Waals surface area contributed by atoms with E-state index in [1.54, 1.807) is 0 Å². The SMILES string of the molecule is C=C1C[C@@]23CC[C@H]4[C@@](C)(CCC[C@@]4(C)C(=O)O[C@@H]4O[C@H](CO)[C@@H](O)[C@H](O)[C@H]4O)[C@@H]2CC[C@]1(O[C@@H]1O[C@H](CO)[C@@H](O)[C@H](O[C@@H]2O[C@H](CO)[C@@H](O)[C@H](O)[C@H]2O)[C@H]1O[C@H]1O[C@@H](C)[C@H](O)[C@@H](O)[C@H]1O)C3. The van der Waals surface area contributed by atoms with E-state index in [2.05, 4.69) is 13.5 Å². The summed E-state index contributed by atoms with van der Waals surface area (Å²) < 4.78 is 48.4. The number of hydrogen-bond donors (Lipinski definition) is 13. The number of aliphatic hydroxyl groups excluding tert-OH is 13. The lowest BCUT2D eigenvalue weighted by Crippen LogP contribution is -2.67. The predicted octanol–water partition coefficient (Wildman–Crippen LogP) is -4.09. The van der Waals surface area contributed by atoms with Gasteiger partial charge >= 0.3 is 5.97 Å². The maximum absolute atomic E-state index is 14.3. The van der Waals surface area contributed by atoms with Crippen LogP contribution >= 0.6 is 0 Å². The molecule has 4 saturated carbocycles. The minimum atomic E-state index is -1.92. The van der Waals surface area contributed by atoms with Crippen LogP contribution < -0.4 is 0 Å². The maximum Gasteiger partial charge on any atom is 0.314 e. The van der Waals surface area contributed by atoms with E-state index in [1.807, 2.05) is 6.92 Å². The molecule has 8 rings (SSSR count). The first kappa shape index (κ1) is 50.8. The summed E-state index contributed by atoms with van der Waals surface area (Å²) in [6, 6.07) is 0. The molecule has 378 valence electrons. The first-order valence-corrected chi connectivity index (χ1v) is 23.2. The average Bonchev–Trinajstić information content (AvgIpc) is 3.48. The Morgan fingerprint density at radius 2 is 1.12 bits per heavy atom. The monoisotopic (exact) mass is 950 g/mol. The van der Waals surface area contributed by atoms with E-state index in [9.17, 15) is 71.2 Å². The summed E-state index contributed by atoms with van der Waals surface area (Å²) in [7, 11) is 0. The molecule has 1 spiro atoms. The van der Waals surface area contributed by atoms with Gasteiger partial charge in [-0.2, -0.15) is 0 Å². The normalized spacial score (nSPS) is 55.2. The van der Waals surface area contributed by atoms with Crippen LogP contribution in [0.5, 0.6) is 0 Å². The Morgan fingerprint density at radius 3 is 1.74 bits per heavy atom. The van der Waals surface area contributed by atoms with E-state index in [4.69, 9.17) is 37.9 Å². The van der Waals surface area contributed by atoms with Crippen LogP contribution in [0.25, 0.3) is 0 Å². The molecule has 0 radical (unpaired) electrons. The van der Waals surface area contributed by atoms with Crippen LogP contribution in [0.4, 0.5) is 0 Å². The number of fused-ring (bicyclic) bond motifs is 3. The van der Waals surface area contributed by atoms with Crippen LogP contribution in [-0.2, 0) is 42.7 Å². The molecule has 4 aliphatic carbocycles. The third kappa shape index (κ3) is 8.30. The lowest BCUT2D eigenvalue weighted by molar-refractivity contribution is -0.398. The van der Waals surface area contributed by atoms with Crippen molar-refractivity contribution < 1.29 is 109 Å². The molecular formula is C44H70O22. The van der Waals surface area contributed by atoms with E-state index < -0.39 is 165 Å². The van der Waals surface area contributed by atoms with Crippen LogP contribution in [0, 0.1) is 28.1 Å². The van der Waals surface area contributed by atoms with Gasteiger partial charge in [0.15, 0.2) is 18.9 Å². The molecule has 0 amide bonds. The molecule has 4 saturated heterocycles. The van der Waals surface area contributed by atoms with E-state index in [1.165, 1.54) is 6.92 Å². The molecule has 2 bridgehead atoms. The number of hydrogen-bond acceptors (Lipinski definition) is 22. The van der Waals surface area contributed by atoms with Crippen molar-refractivity contribution in [3.63, 3.8) is 0 Å². The predicted molar refractivity (Wildman–Crippen MR) is 218 cm³/mol. The fourth-order valence-electron chi connectivity index (χ4n) is 13.4. The quantitative estimate of drug-likeness (QED) is 0.0532. The van der Waals surface area contributed by atoms with Crippen molar-refractivity contribution in [3.8, 4) is 0 Å².